The molecule has 1 N–H and O–H groups in total. The largest absolute Gasteiger partial charge is 0.313 e. The molecule has 1 unspecified atom stereocenters. The molecule has 0 aliphatic heterocycles. The summed E-state index contributed by atoms with van der Waals surface area (Å²) < 4.78 is 0. The van der Waals surface area contributed by atoms with E-state index in [-0.39, 0.29) is 0 Å². The van der Waals surface area contributed by atoms with E-state index in [4.69, 9.17) is 0 Å². The Kier molecular flexibility index (Phi) is 3.88. The molecule has 1 aliphatic carbocycles. The van der Waals surface area contributed by atoms with E-state index in [9.17, 15) is 0 Å². The molecule has 3 heteroatoms. The summed E-state index contributed by atoms with van der Waals surface area (Å²) in [5.74, 6) is 0.679. The van der Waals surface area contributed by atoms with Crippen molar-refractivity contribution in [1.29, 1.82) is 0 Å². The topological polar surface area (TPSA) is 24.9 Å². The first kappa shape index (κ1) is 13.0. The van der Waals surface area contributed by atoms with Gasteiger partial charge in [0.2, 0.25) is 0 Å². The van der Waals surface area contributed by atoms with Crippen molar-refractivity contribution >= 4 is 11.3 Å². The fourth-order valence-corrected chi connectivity index (χ4v) is 2.93. The third kappa shape index (κ3) is 3.52. The second kappa shape index (κ2) is 5.07. The van der Waals surface area contributed by atoms with Crippen LogP contribution in [0.4, 0.5) is 0 Å². The van der Waals surface area contributed by atoms with Gasteiger partial charge in [0.15, 0.2) is 0 Å². The lowest BCUT2D eigenvalue weighted by Gasteiger charge is -2.33. The van der Waals surface area contributed by atoms with Gasteiger partial charge in [-0.3, -0.25) is 0 Å². The van der Waals surface area contributed by atoms with Crippen molar-refractivity contribution in [2.45, 2.75) is 53.0 Å². The minimum absolute atomic E-state index is 0.326. The second-order valence-corrected chi connectivity index (χ2v) is 6.97. The minimum atomic E-state index is 0.326. The first-order chi connectivity index (χ1) is 7.99. The summed E-state index contributed by atoms with van der Waals surface area (Å²) in [5, 5.41) is 7.13. The molecule has 1 saturated carbocycles. The van der Waals surface area contributed by atoms with Crippen molar-refractivity contribution in [3.8, 4) is 0 Å². The van der Waals surface area contributed by atoms with Crippen LogP contribution >= 0.6 is 11.3 Å². The van der Waals surface area contributed by atoms with E-state index in [1.165, 1.54) is 17.8 Å². The quantitative estimate of drug-likeness (QED) is 0.839. The summed E-state index contributed by atoms with van der Waals surface area (Å²) >= 11 is 1.80. The Bertz CT molecular complexity index is 368. The summed E-state index contributed by atoms with van der Waals surface area (Å²) in [6.07, 6.45) is 3.83. The maximum Gasteiger partial charge on any atom is 0.0934 e. The van der Waals surface area contributed by atoms with Gasteiger partial charge in [0.25, 0.3) is 0 Å². The molecule has 0 bridgehead atoms. The molecule has 1 fully saturated rings. The van der Waals surface area contributed by atoms with E-state index in [2.05, 4.69) is 43.4 Å². The maximum atomic E-state index is 4.61. The van der Waals surface area contributed by atoms with Gasteiger partial charge in [-0.2, -0.15) is 0 Å². The zero-order valence-electron chi connectivity index (χ0n) is 11.4. The highest BCUT2D eigenvalue weighted by molar-refractivity contribution is 7.09. The first-order valence-electron chi connectivity index (χ1n) is 6.64. The lowest BCUT2D eigenvalue weighted by Crippen LogP contribution is -2.38. The van der Waals surface area contributed by atoms with Gasteiger partial charge in [-0.1, -0.05) is 20.8 Å². The first-order valence-corrected chi connectivity index (χ1v) is 7.52. The molecule has 1 heterocycles. The molecule has 1 aromatic rings. The minimum Gasteiger partial charge on any atom is -0.313 e. The van der Waals surface area contributed by atoms with Gasteiger partial charge in [0, 0.05) is 30.1 Å². The molecule has 2 rings (SSSR count). The highest BCUT2D eigenvalue weighted by Crippen LogP contribution is 2.33. The molecule has 0 aromatic carbocycles. The van der Waals surface area contributed by atoms with Crippen molar-refractivity contribution in [1.82, 2.24) is 10.3 Å². The van der Waals surface area contributed by atoms with Gasteiger partial charge in [0.05, 0.1) is 5.01 Å². The van der Waals surface area contributed by atoms with Gasteiger partial charge < -0.3 is 5.32 Å². The Morgan fingerprint density at radius 1 is 1.53 bits per heavy atom. The summed E-state index contributed by atoms with van der Waals surface area (Å²) in [7, 11) is 0. The normalized spacial score (nSPS) is 19.6. The van der Waals surface area contributed by atoms with Crippen LogP contribution < -0.4 is 5.32 Å². The SMILES string of the molecule is Cc1csc(CC(C)(CNC2CC2)C(C)C)n1. The predicted molar refractivity (Wildman–Crippen MR) is 74.5 cm³/mol. The van der Waals surface area contributed by atoms with E-state index < -0.39 is 0 Å². The number of hydrogen-bond acceptors (Lipinski definition) is 3. The average Bonchev–Trinajstić information content (AvgIpc) is 3.00. The number of aromatic nitrogens is 1. The van der Waals surface area contributed by atoms with E-state index in [1.54, 1.807) is 11.3 Å². The number of thiazole rings is 1. The zero-order chi connectivity index (χ0) is 12.5. The average molecular weight is 252 g/mol. The highest BCUT2D eigenvalue weighted by Gasteiger charge is 2.32. The van der Waals surface area contributed by atoms with Crippen molar-refractivity contribution in [3.63, 3.8) is 0 Å². The number of nitrogens with zero attached hydrogens (tertiary/aromatic N) is 1. The molecular weight excluding hydrogens is 228 g/mol. The van der Waals surface area contributed by atoms with Crippen LogP contribution in [0.15, 0.2) is 5.38 Å². The number of aryl methyl sites for hydroxylation is 1. The maximum absolute atomic E-state index is 4.61. The molecule has 0 saturated heterocycles. The number of nitrogens with one attached hydrogen (secondary N) is 1. The van der Waals surface area contributed by atoms with Gasteiger partial charge in [-0.25, -0.2) is 4.98 Å². The lowest BCUT2D eigenvalue weighted by atomic mass is 9.76. The van der Waals surface area contributed by atoms with Crippen LogP contribution in [0.25, 0.3) is 0 Å². The van der Waals surface area contributed by atoms with E-state index in [1.807, 2.05) is 0 Å². The van der Waals surface area contributed by atoms with Crippen LogP contribution in [-0.2, 0) is 6.42 Å². The Morgan fingerprint density at radius 3 is 2.71 bits per heavy atom. The zero-order valence-corrected chi connectivity index (χ0v) is 12.2. The fraction of sp³-hybridized carbons (Fsp3) is 0.786. The van der Waals surface area contributed by atoms with Crippen LogP contribution in [-0.4, -0.2) is 17.6 Å². The molecule has 17 heavy (non-hydrogen) atoms. The number of rotatable bonds is 6. The molecule has 0 amide bonds. The Morgan fingerprint density at radius 2 is 2.24 bits per heavy atom. The molecule has 0 radical (unpaired) electrons. The van der Waals surface area contributed by atoms with Crippen molar-refractivity contribution in [3.05, 3.63) is 16.1 Å². The highest BCUT2D eigenvalue weighted by atomic mass is 32.1. The van der Waals surface area contributed by atoms with Crippen LogP contribution in [0.3, 0.4) is 0 Å². The Labute approximate surface area is 109 Å². The van der Waals surface area contributed by atoms with Crippen molar-refractivity contribution in [2.75, 3.05) is 6.54 Å². The van der Waals surface area contributed by atoms with Crippen molar-refractivity contribution in [2.24, 2.45) is 11.3 Å². The number of hydrogen-bond donors (Lipinski definition) is 1. The lowest BCUT2D eigenvalue weighted by molar-refractivity contribution is 0.206. The second-order valence-electron chi connectivity index (χ2n) is 6.02. The monoisotopic (exact) mass is 252 g/mol. The molecule has 1 atom stereocenters. The molecule has 1 aliphatic rings. The summed E-state index contributed by atoms with van der Waals surface area (Å²) in [6, 6.07) is 0.797. The van der Waals surface area contributed by atoms with E-state index in [0.29, 0.717) is 11.3 Å². The smallest absolute Gasteiger partial charge is 0.0934 e. The fourth-order valence-electron chi connectivity index (χ4n) is 1.97. The molecule has 1 aromatic heterocycles. The summed E-state index contributed by atoms with van der Waals surface area (Å²) in [6.45, 7) is 10.2. The molecular formula is C14H24N2S. The molecule has 2 nitrogen and oxygen atoms in total. The van der Waals surface area contributed by atoms with E-state index in [0.717, 1.165) is 24.7 Å². The standard InChI is InChI=1S/C14H24N2S/c1-10(2)14(4,9-15-12-5-6-12)7-13-16-11(3)8-17-13/h8,10,12,15H,5-7,9H2,1-4H3. The van der Waals surface area contributed by atoms with Gasteiger partial charge in [0.1, 0.15) is 0 Å². The van der Waals surface area contributed by atoms with Gasteiger partial charge >= 0.3 is 0 Å². The van der Waals surface area contributed by atoms with Crippen molar-refractivity contribution < 1.29 is 0 Å². The Balaban J connectivity index is 1.98. The van der Waals surface area contributed by atoms with Crippen LogP contribution in [0.5, 0.6) is 0 Å². The summed E-state index contributed by atoms with van der Waals surface area (Å²) in [4.78, 5) is 4.61. The summed E-state index contributed by atoms with van der Waals surface area (Å²) in [5.41, 5.74) is 1.48. The predicted octanol–water partition coefficient (Wildman–Crippen LogP) is 3.41. The Hall–Kier alpha value is -0.410. The van der Waals surface area contributed by atoms with Crippen LogP contribution in [0.1, 0.15) is 44.3 Å². The van der Waals surface area contributed by atoms with Crippen LogP contribution in [0.2, 0.25) is 0 Å². The van der Waals surface area contributed by atoms with Crippen LogP contribution in [0, 0.1) is 18.3 Å². The third-order valence-corrected chi connectivity index (χ3v) is 4.95. The third-order valence-electron chi connectivity index (χ3n) is 3.99. The molecule has 0 spiro atoms. The van der Waals surface area contributed by atoms with Gasteiger partial charge in [-0.05, 0) is 31.1 Å². The molecule has 96 valence electrons. The van der Waals surface area contributed by atoms with Gasteiger partial charge in [-0.15, -0.1) is 11.3 Å². The van der Waals surface area contributed by atoms with E-state index >= 15 is 0 Å².